The van der Waals surface area contributed by atoms with Crippen LogP contribution in [0.5, 0.6) is 0 Å². The summed E-state index contributed by atoms with van der Waals surface area (Å²) in [6.07, 6.45) is -0.719. The van der Waals surface area contributed by atoms with Crippen molar-refractivity contribution in [3.05, 3.63) is 48.0 Å². The number of ether oxygens (including phenoxy) is 2. The molecule has 1 unspecified atom stereocenters. The molecule has 3 rings (SSSR count). The maximum absolute atomic E-state index is 12.4. The van der Waals surface area contributed by atoms with E-state index in [1.807, 2.05) is 42.5 Å². The van der Waals surface area contributed by atoms with E-state index in [0.717, 1.165) is 16.3 Å². The molecule has 1 saturated heterocycles. The van der Waals surface area contributed by atoms with Crippen molar-refractivity contribution in [1.82, 2.24) is 4.90 Å². The van der Waals surface area contributed by atoms with E-state index in [2.05, 4.69) is 0 Å². The summed E-state index contributed by atoms with van der Waals surface area (Å²) < 4.78 is 11.3. The van der Waals surface area contributed by atoms with Gasteiger partial charge in [-0.2, -0.15) is 0 Å². The van der Waals surface area contributed by atoms with Crippen molar-refractivity contribution in [3.63, 3.8) is 0 Å². The molecule has 1 N–H and O–H groups in total. The molecular formula is C21H25NO5. The maximum Gasteiger partial charge on any atom is 0.411 e. The van der Waals surface area contributed by atoms with E-state index in [1.54, 1.807) is 20.8 Å². The largest absolute Gasteiger partial charge is 0.480 e. The summed E-state index contributed by atoms with van der Waals surface area (Å²) in [6.45, 7) is 5.83. The smallest absolute Gasteiger partial charge is 0.411 e. The Balaban J connectivity index is 1.69. The van der Waals surface area contributed by atoms with Gasteiger partial charge in [-0.15, -0.1) is 0 Å². The lowest BCUT2D eigenvalue weighted by atomic mass is 10.1. The first-order chi connectivity index (χ1) is 12.7. The van der Waals surface area contributed by atoms with Gasteiger partial charge in [-0.05, 0) is 37.1 Å². The van der Waals surface area contributed by atoms with Crippen LogP contribution in [0.1, 0.15) is 32.8 Å². The first kappa shape index (κ1) is 19.2. The van der Waals surface area contributed by atoms with E-state index in [1.165, 1.54) is 4.90 Å². The summed E-state index contributed by atoms with van der Waals surface area (Å²) >= 11 is 0. The topological polar surface area (TPSA) is 76.1 Å². The second kappa shape index (κ2) is 7.56. The Morgan fingerprint density at radius 2 is 1.85 bits per heavy atom. The Hall–Kier alpha value is -2.60. The third kappa shape index (κ3) is 4.57. The van der Waals surface area contributed by atoms with Crippen LogP contribution in [0, 0.1) is 0 Å². The second-order valence-electron chi connectivity index (χ2n) is 7.79. The monoisotopic (exact) mass is 371 g/mol. The van der Waals surface area contributed by atoms with Crippen molar-refractivity contribution in [1.29, 1.82) is 0 Å². The minimum absolute atomic E-state index is 0.205. The molecule has 1 aliphatic rings. The normalized spacial score (nSPS) is 20.0. The van der Waals surface area contributed by atoms with Crippen LogP contribution in [0.25, 0.3) is 10.8 Å². The first-order valence-corrected chi connectivity index (χ1v) is 9.05. The molecule has 1 aliphatic heterocycles. The first-order valence-electron chi connectivity index (χ1n) is 9.05. The van der Waals surface area contributed by atoms with Gasteiger partial charge in [0.2, 0.25) is 0 Å². The van der Waals surface area contributed by atoms with Gasteiger partial charge < -0.3 is 14.6 Å². The summed E-state index contributed by atoms with van der Waals surface area (Å²) in [5, 5.41) is 11.7. The fourth-order valence-corrected chi connectivity index (χ4v) is 3.30. The molecule has 2 atom stereocenters. The molecule has 2 aromatic carbocycles. The molecule has 0 aliphatic carbocycles. The molecule has 1 fully saturated rings. The third-order valence-electron chi connectivity index (χ3n) is 4.53. The van der Waals surface area contributed by atoms with Gasteiger partial charge in [-0.1, -0.05) is 42.5 Å². The quantitative estimate of drug-likeness (QED) is 0.884. The SMILES string of the molecule is CC(C)(C)OC(=O)N1C[C@H](OCc2cccc3ccccc23)CC1C(=O)O. The van der Waals surface area contributed by atoms with Crippen molar-refractivity contribution < 1.29 is 24.2 Å². The summed E-state index contributed by atoms with van der Waals surface area (Å²) in [7, 11) is 0. The third-order valence-corrected chi connectivity index (χ3v) is 4.53. The van der Waals surface area contributed by atoms with Crippen LogP contribution in [-0.2, 0) is 20.9 Å². The molecule has 2 aromatic rings. The van der Waals surface area contributed by atoms with Crippen LogP contribution in [0.4, 0.5) is 4.79 Å². The van der Waals surface area contributed by atoms with Crippen LogP contribution in [0.3, 0.4) is 0 Å². The zero-order chi connectivity index (χ0) is 19.6. The molecular weight excluding hydrogens is 346 g/mol. The highest BCUT2D eigenvalue weighted by Crippen LogP contribution is 2.26. The van der Waals surface area contributed by atoms with Crippen LogP contribution < -0.4 is 0 Å². The summed E-state index contributed by atoms with van der Waals surface area (Å²) in [4.78, 5) is 25.2. The number of carbonyl (C=O) groups excluding carboxylic acids is 1. The number of carbonyl (C=O) groups is 2. The Bertz CT molecular complexity index is 837. The predicted octanol–water partition coefficient (Wildman–Crippen LogP) is 3.82. The molecule has 1 heterocycles. The van der Waals surface area contributed by atoms with E-state index < -0.39 is 23.7 Å². The highest BCUT2D eigenvalue weighted by Gasteiger charge is 2.42. The van der Waals surface area contributed by atoms with Crippen molar-refractivity contribution in [2.45, 2.75) is 51.5 Å². The number of benzene rings is 2. The van der Waals surface area contributed by atoms with E-state index in [-0.39, 0.29) is 19.1 Å². The summed E-state index contributed by atoms with van der Waals surface area (Å²) in [5.74, 6) is -1.04. The molecule has 6 heteroatoms. The van der Waals surface area contributed by atoms with Crippen LogP contribution in [0.15, 0.2) is 42.5 Å². The number of likely N-dealkylation sites (tertiary alicyclic amines) is 1. The molecule has 0 bridgehead atoms. The molecule has 0 saturated carbocycles. The Morgan fingerprint density at radius 3 is 2.56 bits per heavy atom. The maximum atomic E-state index is 12.4. The van der Waals surface area contributed by atoms with Gasteiger partial charge in [0.15, 0.2) is 0 Å². The van der Waals surface area contributed by atoms with Crippen molar-refractivity contribution in [2.75, 3.05) is 6.54 Å². The molecule has 0 spiro atoms. The van der Waals surface area contributed by atoms with E-state index in [4.69, 9.17) is 9.47 Å². The zero-order valence-electron chi connectivity index (χ0n) is 15.8. The lowest BCUT2D eigenvalue weighted by Gasteiger charge is -2.26. The van der Waals surface area contributed by atoms with Gasteiger partial charge in [0.05, 0.1) is 19.3 Å². The number of aliphatic carboxylic acids is 1. The van der Waals surface area contributed by atoms with Gasteiger partial charge in [0, 0.05) is 6.42 Å². The number of rotatable bonds is 4. The van der Waals surface area contributed by atoms with E-state index in [9.17, 15) is 14.7 Å². The molecule has 27 heavy (non-hydrogen) atoms. The summed E-state index contributed by atoms with van der Waals surface area (Å²) in [5.41, 5.74) is 0.359. The standard InChI is InChI=1S/C21H25NO5/c1-21(2,3)27-20(25)22-12-16(11-18(22)19(23)24)26-13-15-9-6-8-14-7-4-5-10-17(14)15/h4-10,16,18H,11-13H2,1-3H3,(H,23,24)/t16-,18?/m1/s1. The number of hydrogen-bond acceptors (Lipinski definition) is 4. The Morgan fingerprint density at radius 1 is 1.15 bits per heavy atom. The number of amides is 1. The fourth-order valence-electron chi connectivity index (χ4n) is 3.30. The highest BCUT2D eigenvalue weighted by atomic mass is 16.6. The van der Waals surface area contributed by atoms with E-state index >= 15 is 0 Å². The Kier molecular flexibility index (Phi) is 5.37. The molecule has 0 radical (unpaired) electrons. The zero-order valence-corrected chi connectivity index (χ0v) is 15.8. The predicted molar refractivity (Wildman–Crippen MR) is 102 cm³/mol. The second-order valence-corrected chi connectivity index (χ2v) is 7.79. The number of fused-ring (bicyclic) bond motifs is 1. The molecule has 0 aromatic heterocycles. The van der Waals surface area contributed by atoms with Gasteiger partial charge in [-0.3, -0.25) is 4.90 Å². The average molecular weight is 371 g/mol. The van der Waals surface area contributed by atoms with Crippen LogP contribution >= 0.6 is 0 Å². The van der Waals surface area contributed by atoms with Gasteiger partial charge in [-0.25, -0.2) is 9.59 Å². The van der Waals surface area contributed by atoms with Crippen molar-refractivity contribution in [3.8, 4) is 0 Å². The lowest BCUT2D eigenvalue weighted by molar-refractivity contribution is -0.142. The number of nitrogens with zero attached hydrogens (tertiary/aromatic N) is 1. The molecule has 1 amide bonds. The minimum Gasteiger partial charge on any atom is -0.480 e. The van der Waals surface area contributed by atoms with Crippen molar-refractivity contribution in [2.24, 2.45) is 0 Å². The minimum atomic E-state index is -1.04. The fraction of sp³-hybridized carbons (Fsp3) is 0.429. The lowest BCUT2D eigenvalue weighted by Crippen LogP contribution is -2.43. The van der Waals surface area contributed by atoms with Crippen molar-refractivity contribution >= 4 is 22.8 Å². The molecule has 144 valence electrons. The van der Waals surface area contributed by atoms with Gasteiger partial charge in [0.1, 0.15) is 11.6 Å². The number of hydrogen-bond donors (Lipinski definition) is 1. The Labute approximate surface area is 158 Å². The number of carboxylic acids is 1. The van der Waals surface area contributed by atoms with Crippen LogP contribution in [0.2, 0.25) is 0 Å². The van der Waals surface area contributed by atoms with Gasteiger partial charge in [0.25, 0.3) is 0 Å². The van der Waals surface area contributed by atoms with E-state index in [0.29, 0.717) is 6.61 Å². The van der Waals surface area contributed by atoms with Crippen LogP contribution in [-0.4, -0.2) is 46.4 Å². The highest BCUT2D eigenvalue weighted by molar-refractivity contribution is 5.85. The van der Waals surface area contributed by atoms with Gasteiger partial charge >= 0.3 is 12.1 Å². The molecule has 6 nitrogen and oxygen atoms in total. The average Bonchev–Trinajstić information content (AvgIpc) is 3.03. The summed E-state index contributed by atoms with van der Waals surface area (Å²) in [6, 6.07) is 13.1. The number of carboxylic acid groups (broad SMARTS) is 1.